The molecule has 21 heavy (non-hydrogen) atoms. The highest BCUT2D eigenvalue weighted by Gasteiger charge is 2.16. The van der Waals surface area contributed by atoms with Gasteiger partial charge in [0, 0.05) is 6.20 Å². The maximum atomic E-state index is 12.2. The second-order valence-electron chi connectivity index (χ2n) is 4.27. The zero-order valence-corrected chi connectivity index (χ0v) is 11.6. The van der Waals surface area contributed by atoms with E-state index in [9.17, 15) is 9.59 Å². The van der Waals surface area contributed by atoms with E-state index in [4.69, 9.17) is 9.63 Å². The van der Waals surface area contributed by atoms with Crippen molar-refractivity contribution in [1.82, 2.24) is 10.1 Å². The quantitative estimate of drug-likeness (QED) is 0.770. The minimum absolute atomic E-state index is 0.0820. The molecule has 0 saturated carbocycles. The Morgan fingerprint density at radius 1 is 1.43 bits per heavy atom. The normalized spacial score (nSPS) is 10.7. The van der Waals surface area contributed by atoms with E-state index in [2.05, 4.69) is 15.5 Å². The standard InChI is InChI=1S/C13H9N3O4S/c1-6-8-4-7(5-14-12(8)20-16-6)11(17)15-9-2-3-21-10(9)13(18)19/h2-5H,1H3,(H,15,17)(H,18,19). The van der Waals surface area contributed by atoms with Crippen LogP contribution in [0.2, 0.25) is 0 Å². The Labute approximate surface area is 122 Å². The average molecular weight is 303 g/mol. The Kier molecular flexibility index (Phi) is 3.15. The zero-order chi connectivity index (χ0) is 15.0. The number of thiophene rings is 1. The number of hydrogen-bond donors (Lipinski definition) is 2. The molecule has 106 valence electrons. The average Bonchev–Trinajstić information content (AvgIpc) is 3.06. The number of aryl methyl sites for hydroxylation is 1. The van der Waals surface area contributed by atoms with Gasteiger partial charge < -0.3 is 14.9 Å². The summed E-state index contributed by atoms with van der Waals surface area (Å²) in [5.74, 6) is -1.52. The Morgan fingerprint density at radius 2 is 2.24 bits per heavy atom. The Morgan fingerprint density at radius 3 is 3.00 bits per heavy atom. The number of carbonyl (C=O) groups is 2. The van der Waals surface area contributed by atoms with Gasteiger partial charge in [-0.2, -0.15) is 0 Å². The Bertz CT molecular complexity index is 852. The molecule has 7 nitrogen and oxygen atoms in total. The van der Waals surface area contributed by atoms with Gasteiger partial charge in [-0.3, -0.25) is 4.79 Å². The molecule has 8 heteroatoms. The molecule has 0 fully saturated rings. The maximum absolute atomic E-state index is 12.2. The van der Waals surface area contributed by atoms with E-state index < -0.39 is 11.9 Å². The number of rotatable bonds is 3. The summed E-state index contributed by atoms with van der Waals surface area (Å²) in [6, 6.07) is 3.15. The number of hydrogen-bond acceptors (Lipinski definition) is 6. The number of fused-ring (bicyclic) bond motifs is 1. The summed E-state index contributed by atoms with van der Waals surface area (Å²) in [4.78, 5) is 27.3. The fourth-order valence-corrected chi connectivity index (χ4v) is 2.52. The van der Waals surface area contributed by atoms with E-state index in [0.717, 1.165) is 11.3 Å². The smallest absolute Gasteiger partial charge is 0.348 e. The highest BCUT2D eigenvalue weighted by molar-refractivity contribution is 7.12. The van der Waals surface area contributed by atoms with Gasteiger partial charge in [-0.15, -0.1) is 11.3 Å². The molecule has 3 rings (SSSR count). The minimum Gasteiger partial charge on any atom is -0.477 e. The van der Waals surface area contributed by atoms with Crippen LogP contribution in [-0.4, -0.2) is 27.1 Å². The molecule has 0 aliphatic carbocycles. The first kappa shape index (κ1) is 13.3. The molecule has 0 bridgehead atoms. The van der Waals surface area contributed by atoms with Crippen LogP contribution in [0.1, 0.15) is 25.7 Å². The molecule has 0 aliphatic rings. The van der Waals surface area contributed by atoms with E-state index in [0.29, 0.717) is 22.4 Å². The van der Waals surface area contributed by atoms with Crippen molar-refractivity contribution in [2.45, 2.75) is 6.92 Å². The molecule has 3 aromatic rings. The van der Waals surface area contributed by atoms with Crippen molar-refractivity contribution >= 4 is 40.0 Å². The predicted molar refractivity (Wildman–Crippen MR) is 75.8 cm³/mol. The fraction of sp³-hybridized carbons (Fsp3) is 0.0769. The lowest BCUT2D eigenvalue weighted by Gasteiger charge is -2.04. The summed E-state index contributed by atoms with van der Waals surface area (Å²) in [7, 11) is 0. The fourth-order valence-electron chi connectivity index (χ4n) is 1.84. The van der Waals surface area contributed by atoms with E-state index in [1.54, 1.807) is 24.4 Å². The van der Waals surface area contributed by atoms with Crippen LogP contribution in [0.5, 0.6) is 0 Å². The van der Waals surface area contributed by atoms with Crippen molar-refractivity contribution in [1.29, 1.82) is 0 Å². The van der Waals surface area contributed by atoms with Crippen molar-refractivity contribution in [3.05, 3.63) is 39.8 Å². The van der Waals surface area contributed by atoms with Gasteiger partial charge >= 0.3 is 5.97 Å². The van der Waals surface area contributed by atoms with E-state index >= 15 is 0 Å². The van der Waals surface area contributed by atoms with Crippen molar-refractivity contribution in [3.63, 3.8) is 0 Å². The zero-order valence-electron chi connectivity index (χ0n) is 10.8. The second-order valence-corrected chi connectivity index (χ2v) is 5.18. The lowest BCUT2D eigenvalue weighted by Crippen LogP contribution is -2.13. The summed E-state index contributed by atoms with van der Waals surface area (Å²) >= 11 is 1.05. The number of aromatic carboxylic acids is 1. The molecule has 0 aliphatic heterocycles. The monoisotopic (exact) mass is 303 g/mol. The number of carboxylic acids is 1. The molecule has 0 unspecified atom stereocenters. The molecule has 0 spiro atoms. The van der Waals surface area contributed by atoms with Crippen LogP contribution >= 0.6 is 11.3 Å². The first-order valence-corrected chi connectivity index (χ1v) is 6.78. The Balaban J connectivity index is 1.91. The van der Waals surface area contributed by atoms with Gasteiger partial charge in [-0.1, -0.05) is 5.16 Å². The lowest BCUT2D eigenvalue weighted by atomic mass is 10.2. The second kappa shape index (κ2) is 4.98. The summed E-state index contributed by atoms with van der Waals surface area (Å²) in [5, 5.41) is 17.6. The number of carbonyl (C=O) groups excluding carboxylic acids is 1. The molecular weight excluding hydrogens is 294 g/mol. The van der Waals surface area contributed by atoms with Crippen LogP contribution in [0.3, 0.4) is 0 Å². The third-order valence-electron chi connectivity index (χ3n) is 2.88. The van der Waals surface area contributed by atoms with Crippen LogP contribution in [0.25, 0.3) is 11.1 Å². The molecule has 1 amide bonds. The minimum atomic E-state index is -1.08. The number of pyridine rings is 1. The number of carboxylic acid groups (broad SMARTS) is 1. The summed E-state index contributed by atoms with van der Waals surface area (Å²) in [6.07, 6.45) is 1.36. The molecular formula is C13H9N3O4S. The number of nitrogens with zero attached hydrogens (tertiary/aromatic N) is 2. The van der Waals surface area contributed by atoms with Gasteiger partial charge in [0.15, 0.2) is 0 Å². The topological polar surface area (TPSA) is 105 Å². The van der Waals surface area contributed by atoms with Crippen LogP contribution in [0.15, 0.2) is 28.2 Å². The highest BCUT2D eigenvalue weighted by atomic mass is 32.1. The molecule has 3 aromatic heterocycles. The van der Waals surface area contributed by atoms with E-state index in [1.807, 2.05) is 0 Å². The van der Waals surface area contributed by atoms with Crippen LogP contribution in [-0.2, 0) is 0 Å². The van der Waals surface area contributed by atoms with Gasteiger partial charge in [-0.25, -0.2) is 9.78 Å². The van der Waals surface area contributed by atoms with Gasteiger partial charge in [0.1, 0.15) is 4.88 Å². The number of aromatic nitrogens is 2. The van der Waals surface area contributed by atoms with E-state index in [-0.39, 0.29) is 10.6 Å². The number of nitrogens with one attached hydrogen (secondary N) is 1. The first-order valence-electron chi connectivity index (χ1n) is 5.90. The highest BCUT2D eigenvalue weighted by Crippen LogP contribution is 2.23. The van der Waals surface area contributed by atoms with Crippen molar-refractivity contribution in [2.24, 2.45) is 0 Å². The Hall–Kier alpha value is -2.74. The largest absolute Gasteiger partial charge is 0.477 e. The molecule has 3 heterocycles. The van der Waals surface area contributed by atoms with Gasteiger partial charge in [0.2, 0.25) is 0 Å². The van der Waals surface area contributed by atoms with E-state index in [1.165, 1.54) is 6.20 Å². The van der Waals surface area contributed by atoms with Gasteiger partial charge in [-0.05, 0) is 24.4 Å². The lowest BCUT2D eigenvalue weighted by molar-refractivity contribution is 0.0703. The number of amides is 1. The van der Waals surface area contributed by atoms with Crippen molar-refractivity contribution in [2.75, 3.05) is 5.32 Å². The van der Waals surface area contributed by atoms with Crippen LogP contribution in [0.4, 0.5) is 5.69 Å². The van der Waals surface area contributed by atoms with Gasteiger partial charge in [0.05, 0.1) is 22.3 Å². The van der Waals surface area contributed by atoms with Crippen LogP contribution < -0.4 is 5.32 Å². The number of anilines is 1. The third-order valence-corrected chi connectivity index (χ3v) is 3.78. The van der Waals surface area contributed by atoms with Crippen molar-refractivity contribution < 1.29 is 19.2 Å². The maximum Gasteiger partial charge on any atom is 0.348 e. The molecule has 0 radical (unpaired) electrons. The summed E-state index contributed by atoms with van der Waals surface area (Å²) in [6.45, 7) is 1.75. The first-order chi connectivity index (χ1) is 10.1. The molecule has 0 atom stereocenters. The molecule has 0 aromatic carbocycles. The summed E-state index contributed by atoms with van der Waals surface area (Å²) in [5.41, 5.74) is 1.55. The third kappa shape index (κ3) is 2.36. The SMILES string of the molecule is Cc1noc2ncc(C(=O)Nc3ccsc3C(=O)O)cc12. The van der Waals surface area contributed by atoms with Crippen LogP contribution in [0, 0.1) is 6.92 Å². The predicted octanol–water partition coefficient (Wildman–Crippen LogP) is 2.54. The van der Waals surface area contributed by atoms with Crippen molar-refractivity contribution in [3.8, 4) is 0 Å². The molecule has 0 saturated heterocycles. The summed E-state index contributed by atoms with van der Waals surface area (Å²) < 4.78 is 4.97. The van der Waals surface area contributed by atoms with Gasteiger partial charge in [0.25, 0.3) is 11.6 Å². The molecule has 2 N–H and O–H groups in total.